The van der Waals surface area contributed by atoms with Gasteiger partial charge in [0.25, 0.3) is 0 Å². The zero-order valence-electron chi connectivity index (χ0n) is 10.7. The maximum atomic E-state index is 6.14. The molecule has 0 saturated carbocycles. The Hall–Kier alpha value is -1.65. The van der Waals surface area contributed by atoms with E-state index in [4.69, 9.17) is 11.6 Å². The summed E-state index contributed by atoms with van der Waals surface area (Å²) >= 11 is 7.99. The van der Waals surface area contributed by atoms with Gasteiger partial charge in [-0.3, -0.25) is 0 Å². The normalized spacial score (nSPS) is 14.6. The quantitative estimate of drug-likeness (QED) is 0.682. The summed E-state index contributed by atoms with van der Waals surface area (Å²) in [6, 6.07) is 10.3. The molecule has 0 fully saturated rings. The summed E-state index contributed by atoms with van der Waals surface area (Å²) < 4.78 is 0. The molecular formula is C15H12ClN3S. The van der Waals surface area contributed by atoms with Crippen molar-refractivity contribution < 1.29 is 0 Å². The fraction of sp³-hybridized carbons (Fsp3) is 0.200. The molecule has 1 aliphatic rings. The molecule has 3 aromatic rings. The van der Waals surface area contributed by atoms with Crippen LogP contribution in [0.3, 0.4) is 0 Å². The average Bonchev–Trinajstić information content (AvgIpc) is 2.95. The van der Waals surface area contributed by atoms with Gasteiger partial charge in [0.15, 0.2) is 11.0 Å². The Bertz CT molecular complexity index is 784. The van der Waals surface area contributed by atoms with Crippen molar-refractivity contribution in [1.82, 2.24) is 10.2 Å². The summed E-state index contributed by atoms with van der Waals surface area (Å²) in [5.74, 6) is 0.932. The van der Waals surface area contributed by atoms with Gasteiger partial charge >= 0.3 is 0 Å². The third-order valence-corrected chi connectivity index (χ3v) is 5.03. The molecule has 0 spiro atoms. The molecule has 3 nitrogen and oxygen atoms in total. The van der Waals surface area contributed by atoms with Gasteiger partial charge in [-0.25, -0.2) is 0 Å². The zero-order chi connectivity index (χ0) is 13.5. The van der Waals surface area contributed by atoms with Crippen LogP contribution in [-0.4, -0.2) is 16.7 Å². The molecule has 20 heavy (non-hydrogen) atoms. The Balaban J connectivity index is 1.82. The van der Waals surface area contributed by atoms with E-state index in [9.17, 15) is 0 Å². The van der Waals surface area contributed by atoms with Crippen LogP contribution >= 0.6 is 22.9 Å². The van der Waals surface area contributed by atoms with Crippen LogP contribution in [0.1, 0.15) is 10.4 Å². The van der Waals surface area contributed by atoms with Gasteiger partial charge in [-0.05, 0) is 23.4 Å². The van der Waals surface area contributed by atoms with Crippen molar-refractivity contribution in [2.75, 3.05) is 11.4 Å². The molecule has 1 aliphatic heterocycles. The van der Waals surface area contributed by atoms with Crippen LogP contribution in [0, 0.1) is 0 Å². The lowest BCUT2D eigenvalue weighted by molar-refractivity contribution is 0.727. The molecule has 0 atom stereocenters. The molecule has 0 bridgehead atoms. The molecule has 0 N–H and O–H groups in total. The molecule has 2 aromatic heterocycles. The highest BCUT2D eigenvalue weighted by Crippen LogP contribution is 2.32. The van der Waals surface area contributed by atoms with E-state index in [1.807, 2.05) is 29.5 Å². The number of rotatable bonds is 1. The van der Waals surface area contributed by atoms with Gasteiger partial charge in [0.2, 0.25) is 0 Å². The van der Waals surface area contributed by atoms with E-state index < -0.39 is 0 Å². The fourth-order valence-corrected chi connectivity index (χ4v) is 3.81. The van der Waals surface area contributed by atoms with E-state index in [1.165, 1.54) is 10.4 Å². The summed E-state index contributed by atoms with van der Waals surface area (Å²) in [7, 11) is 0. The molecule has 1 aromatic carbocycles. The minimum Gasteiger partial charge on any atom is -0.350 e. The Morgan fingerprint density at radius 3 is 2.85 bits per heavy atom. The Kier molecular flexibility index (Phi) is 2.86. The van der Waals surface area contributed by atoms with Crippen LogP contribution < -0.4 is 4.90 Å². The highest BCUT2D eigenvalue weighted by molar-refractivity contribution is 7.10. The molecule has 0 unspecified atom stereocenters. The zero-order valence-corrected chi connectivity index (χ0v) is 12.3. The number of anilines is 1. The van der Waals surface area contributed by atoms with Crippen LogP contribution in [0.25, 0.3) is 10.8 Å². The maximum Gasteiger partial charge on any atom is 0.159 e. The predicted octanol–water partition coefficient (Wildman–Crippen LogP) is 3.91. The minimum atomic E-state index is 0.470. The SMILES string of the molecule is Clc1nnc(N2CCc3sccc3C2)c2ccccc12. The number of fused-ring (bicyclic) bond motifs is 2. The van der Waals surface area contributed by atoms with Gasteiger partial charge in [0.05, 0.1) is 0 Å². The largest absolute Gasteiger partial charge is 0.350 e. The highest BCUT2D eigenvalue weighted by atomic mass is 35.5. The van der Waals surface area contributed by atoms with Crippen LogP contribution in [0.5, 0.6) is 0 Å². The predicted molar refractivity (Wildman–Crippen MR) is 83.6 cm³/mol. The Morgan fingerprint density at radius 2 is 1.95 bits per heavy atom. The van der Waals surface area contributed by atoms with Gasteiger partial charge in [0.1, 0.15) is 0 Å². The number of aromatic nitrogens is 2. The van der Waals surface area contributed by atoms with Crippen LogP contribution in [0.4, 0.5) is 5.82 Å². The summed E-state index contributed by atoms with van der Waals surface area (Å²) in [6.45, 7) is 1.88. The van der Waals surface area contributed by atoms with Crippen LogP contribution in [0.2, 0.25) is 5.15 Å². The van der Waals surface area contributed by atoms with Crippen molar-refractivity contribution >= 4 is 39.5 Å². The van der Waals surface area contributed by atoms with E-state index in [0.717, 1.165) is 36.1 Å². The second kappa shape index (κ2) is 4.72. The van der Waals surface area contributed by atoms with E-state index >= 15 is 0 Å². The van der Waals surface area contributed by atoms with E-state index in [2.05, 4.69) is 32.6 Å². The first kappa shape index (κ1) is 12.1. The smallest absolute Gasteiger partial charge is 0.159 e. The number of nitrogens with zero attached hydrogens (tertiary/aromatic N) is 3. The van der Waals surface area contributed by atoms with Gasteiger partial charge < -0.3 is 4.90 Å². The number of hydrogen-bond donors (Lipinski definition) is 0. The molecule has 5 heteroatoms. The number of thiophene rings is 1. The van der Waals surface area contributed by atoms with Crippen molar-refractivity contribution in [1.29, 1.82) is 0 Å². The molecule has 4 rings (SSSR count). The lowest BCUT2D eigenvalue weighted by atomic mass is 10.1. The van der Waals surface area contributed by atoms with Crippen molar-refractivity contribution in [3.05, 3.63) is 51.3 Å². The lowest BCUT2D eigenvalue weighted by Crippen LogP contribution is -2.30. The van der Waals surface area contributed by atoms with E-state index in [1.54, 1.807) is 0 Å². The molecule has 100 valence electrons. The third kappa shape index (κ3) is 1.87. The Morgan fingerprint density at radius 1 is 1.10 bits per heavy atom. The Labute approximate surface area is 125 Å². The molecular weight excluding hydrogens is 290 g/mol. The molecule has 3 heterocycles. The molecule has 0 saturated heterocycles. The lowest BCUT2D eigenvalue weighted by Gasteiger charge is -2.28. The summed E-state index contributed by atoms with van der Waals surface area (Å²) in [6.07, 6.45) is 1.08. The molecule has 0 amide bonds. The third-order valence-electron chi connectivity index (χ3n) is 3.73. The first-order valence-corrected chi connectivity index (χ1v) is 7.80. The summed E-state index contributed by atoms with van der Waals surface area (Å²) in [5.41, 5.74) is 1.40. The van der Waals surface area contributed by atoms with Crippen molar-refractivity contribution in [3.63, 3.8) is 0 Å². The fourth-order valence-electron chi connectivity index (χ4n) is 2.72. The van der Waals surface area contributed by atoms with Gasteiger partial charge in [-0.15, -0.1) is 21.5 Å². The van der Waals surface area contributed by atoms with E-state index in [0.29, 0.717) is 5.15 Å². The van der Waals surface area contributed by atoms with E-state index in [-0.39, 0.29) is 0 Å². The second-order valence-electron chi connectivity index (χ2n) is 4.90. The number of benzene rings is 1. The van der Waals surface area contributed by atoms with Crippen LogP contribution in [0.15, 0.2) is 35.7 Å². The maximum absolute atomic E-state index is 6.14. The standard InChI is InChI=1S/C15H12ClN3S/c16-14-11-3-1-2-4-12(11)15(18-17-14)19-7-5-13-10(9-19)6-8-20-13/h1-4,6,8H,5,7,9H2. The first-order chi connectivity index (χ1) is 9.83. The number of hydrogen-bond acceptors (Lipinski definition) is 4. The topological polar surface area (TPSA) is 29.0 Å². The first-order valence-electron chi connectivity index (χ1n) is 6.54. The van der Waals surface area contributed by atoms with Gasteiger partial charge in [-0.2, -0.15) is 0 Å². The van der Waals surface area contributed by atoms with Crippen molar-refractivity contribution in [3.8, 4) is 0 Å². The monoisotopic (exact) mass is 301 g/mol. The van der Waals surface area contributed by atoms with Gasteiger partial charge in [-0.1, -0.05) is 35.9 Å². The van der Waals surface area contributed by atoms with Crippen molar-refractivity contribution in [2.45, 2.75) is 13.0 Å². The number of halogens is 1. The van der Waals surface area contributed by atoms with Crippen molar-refractivity contribution in [2.24, 2.45) is 0 Å². The van der Waals surface area contributed by atoms with Crippen LogP contribution in [-0.2, 0) is 13.0 Å². The summed E-state index contributed by atoms with van der Waals surface area (Å²) in [5, 5.41) is 13.1. The second-order valence-corrected chi connectivity index (χ2v) is 6.26. The van der Waals surface area contributed by atoms with Gasteiger partial charge in [0, 0.05) is 28.7 Å². The summed E-state index contributed by atoms with van der Waals surface area (Å²) in [4.78, 5) is 3.79. The average molecular weight is 302 g/mol. The molecule has 0 aliphatic carbocycles. The minimum absolute atomic E-state index is 0.470. The highest BCUT2D eigenvalue weighted by Gasteiger charge is 2.20. The molecule has 0 radical (unpaired) electrons.